The number of sulfonamides is 1. The van der Waals surface area contributed by atoms with Crippen molar-refractivity contribution in [2.75, 3.05) is 38.5 Å². The maximum absolute atomic E-state index is 13.8. The molecular formula is C26H36N2O5S2. The number of carbonyl (C=O) groups is 1. The maximum atomic E-state index is 13.8. The smallest absolute Gasteiger partial charge is 0.314 e. The zero-order valence-corrected chi connectivity index (χ0v) is 23.0. The van der Waals surface area contributed by atoms with Crippen molar-refractivity contribution < 1.29 is 22.7 Å². The Morgan fingerprint density at radius 2 is 1.89 bits per heavy atom. The lowest BCUT2D eigenvalue weighted by molar-refractivity contribution is -0.152. The third-order valence-corrected chi connectivity index (χ3v) is 9.08. The molecule has 1 heterocycles. The van der Waals surface area contributed by atoms with E-state index >= 15 is 0 Å². The second kappa shape index (κ2) is 11.2. The first-order valence-corrected chi connectivity index (χ1v) is 14.5. The number of esters is 1. The molecule has 0 aliphatic carbocycles. The number of carbonyl (C=O) groups excluding carboxylic acids is 1. The molecule has 2 aromatic carbocycles. The second-order valence-corrected chi connectivity index (χ2v) is 12.2. The maximum Gasteiger partial charge on any atom is 0.314 e. The fraction of sp³-hybridized carbons (Fsp3) is 0.500. The molecule has 3 rings (SSSR count). The molecule has 0 radical (unpaired) electrons. The van der Waals surface area contributed by atoms with Crippen molar-refractivity contribution in [2.45, 2.75) is 55.9 Å². The van der Waals surface area contributed by atoms with Gasteiger partial charge in [0.2, 0.25) is 10.0 Å². The van der Waals surface area contributed by atoms with Gasteiger partial charge in [0.15, 0.2) is 0 Å². The molecule has 0 amide bonds. The summed E-state index contributed by atoms with van der Waals surface area (Å²) < 4.78 is 40.1. The molecule has 2 aromatic rings. The fourth-order valence-electron chi connectivity index (χ4n) is 4.15. The molecule has 7 nitrogen and oxygen atoms in total. The molecule has 0 spiro atoms. The highest BCUT2D eigenvalue weighted by Gasteiger charge is 2.38. The van der Waals surface area contributed by atoms with E-state index < -0.39 is 15.4 Å². The van der Waals surface area contributed by atoms with Gasteiger partial charge in [-0.25, -0.2) is 8.42 Å². The van der Waals surface area contributed by atoms with Crippen LogP contribution < -0.4 is 9.64 Å². The minimum atomic E-state index is -3.79. The number of rotatable bonds is 9. The van der Waals surface area contributed by atoms with Crippen LogP contribution in [0.4, 0.5) is 11.4 Å². The van der Waals surface area contributed by atoms with E-state index in [9.17, 15) is 13.2 Å². The molecule has 0 saturated heterocycles. The number of fused-ring (bicyclic) bond motifs is 1. The molecule has 192 valence electrons. The van der Waals surface area contributed by atoms with Crippen LogP contribution in [0.3, 0.4) is 0 Å². The van der Waals surface area contributed by atoms with Gasteiger partial charge in [0.1, 0.15) is 17.3 Å². The van der Waals surface area contributed by atoms with Crippen LogP contribution in [-0.2, 0) is 19.6 Å². The molecule has 0 N–H and O–H groups in total. The van der Waals surface area contributed by atoms with Crippen LogP contribution in [0.5, 0.6) is 5.75 Å². The number of methoxy groups -OCH3 is 1. The first-order chi connectivity index (χ1) is 16.6. The van der Waals surface area contributed by atoms with Crippen LogP contribution in [-0.4, -0.2) is 58.3 Å². The number of likely N-dealkylation sites (N-methyl/N-ethyl adjacent to an activating group) is 1. The van der Waals surface area contributed by atoms with Gasteiger partial charge in [-0.15, -0.1) is 11.8 Å². The normalized spacial score (nSPS) is 18.0. The summed E-state index contributed by atoms with van der Waals surface area (Å²) in [5, 5.41) is 0. The number of unbranched alkanes of at least 4 members (excludes halogenated alkanes) is 1. The summed E-state index contributed by atoms with van der Waals surface area (Å²) in [6, 6.07) is 13.2. The van der Waals surface area contributed by atoms with E-state index in [0.717, 1.165) is 29.8 Å². The largest absolute Gasteiger partial charge is 0.491 e. The molecular weight excluding hydrogens is 484 g/mol. The molecule has 0 unspecified atom stereocenters. The third-order valence-electron chi connectivity index (χ3n) is 6.39. The molecule has 0 saturated carbocycles. The number of anilines is 2. The topological polar surface area (TPSA) is 76.1 Å². The van der Waals surface area contributed by atoms with Crippen molar-refractivity contribution in [3.63, 3.8) is 0 Å². The van der Waals surface area contributed by atoms with Crippen LogP contribution in [0, 0.1) is 5.41 Å². The van der Waals surface area contributed by atoms with Crippen LogP contribution in [0.2, 0.25) is 0 Å². The third kappa shape index (κ3) is 5.78. The van der Waals surface area contributed by atoms with Gasteiger partial charge in [-0.1, -0.05) is 38.0 Å². The summed E-state index contributed by atoms with van der Waals surface area (Å²) >= 11 is 1.48. The molecule has 1 atom stereocenters. The summed E-state index contributed by atoms with van der Waals surface area (Å²) in [5.41, 5.74) is 0.688. The monoisotopic (exact) mass is 520 g/mol. The molecule has 1 aliphatic rings. The number of nitrogens with zero attached hydrogens (tertiary/aromatic N) is 2. The van der Waals surface area contributed by atoms with E-state index in [1.54, 1.807) is 27.0 Å². The van der Waals surface area contributed by atoms with Crippen molar-refractivity contribution in [2.24, 2.45) is 5.41 Å². The Hall–Kier alpha value is -2.23. The van der Waals surface area contributed by atoms with Gasteiger partial charge in [-0.2, -0.15) is 4.31 Å². The molecule has 0 fully saturated rings. The van der Waals surface area contributed by atoms with E-state index in [-0.39, 0.29) is 23.5 Å². The van der Waals surface area contributed by atoms with Crippen molar-refractivity contribution in [3.8, 4) is 5.75 Å². The van der Waals surface area contributed by atoms with Crippen molar-refractivity contribution in [3.05, 3.63) is 42.5 Å². The minimum Gasteiger partial charge on any atom is -0.491 e. The van der Waals surface area contributed by atoms with E-state index in [0.29, 0.717) is 18.0 Å². The lowest BCUT2D eigenvalue weighted by Crippen LogP contribution is -2.40. The van der Waals surface area contributed by atoms with Gasteiger partial charge in [-0.05, 0) is 44.7 Å². The zero-order chi connectivity index (χ0) is 25.8. The number of thioether (sulfide) groups is 1. The zero-order valence-electron chi connectivity index (χ0n) is 21.4. The molecule has 0 aromatic heterocycles. The average Bonchev–Trinajstić information content (AvgIpc) is 2.93. The molecule has 0 bridgehead atoms. The van der Waals surface area contributed by atoms with Crippen LogP contribution in [0.15, 0.2) is 52.3 Å². The lowest BCUT2D eigenvalue weighted by Gasteiger charge is -2.29. The minimum absolute atomic E-state index is 0.0590. The predicted molar refractivity (Wildman–Crippen MR) is 141 cm³/mol. The summed E-state index contributed by atoms with van der Waals surface area (Å²) in [4.78, 5) is 15.2. The highest BCUT2D eigenvalue weighted by molar-refractivity contribution is 7.98. The van der Waals surface area contributed by atoms with Crippen molar-refractivity contribution >= 4 is 39.1 Å². The average molecular weight is 521 g/mol. The standard InChI is InChI=1S/C26H36N2O5S2/c1-7-8-12-20-17-28(19-13-10-9-11-14-19)21-15-23(34-6)22(16-24(21)35(30,31)27(20)4)33-18-26(2,3)25(29)32-5/h9-11,13-16,20H,7-8,12,17-18H2,1-6H3/t20-/m1/s1. The Morgan fingerprint density at radius 1 is 1.20 bits per heavy atom. The summed E-state index contributed by atoms with van der Waals surface area (Å²) in [7, 11) is -0.783. The Bertz CT molecular complexity index is 1140. The van der Waals surface area contributed by atoms with Crippen LogP contribution >= 0.6 is 11.8 Å². The van der Waals surface area contributed by atoms with Gasteiger partial charge in [-0.3, -0.25) is 4.79 Å². The van der Waals surface area contributed by atoms with E-state index in [4.69, 9.17) is 9.47 Å². The van der Waals surface area contributed by atoms with Gasteiger partial charge in [0.25, 0.3) is 0 Å². The van der Waals surface area contributed by atoms with Crippen molar-refractivity contribution in [1.29, 1.82) is 0 Å². The van der Waals surface area contributed by atoms with Gasteiger partial charge in [0.05, 0.1) is 23.1 Å². The highest BCUT2D eigenvalue weighted by atomic mass is 32.2. The van der Waals surface area contributed by atoms with Gasteiger partial charge < -0.3 is 14.4 Å². The van der Waals surface area contributed by atoms with E-state index in [2.05, 4.69) is 11.8 Å². The summed E-state index contributed by atoms with van der Waals surface area (Å²) in [6.45, 7) is 6.20. The molecule has 1 aliphatic heterocycles. The molecule has 35 heavy (non-hydrogen) atoms. The Kier molecular flexibility index (Phi) is 8.77. The number of para-hydroxylation sites is 1. The second-order valence-electron chi connectivity index (χ2n) is 9.40. The van der Waals surface area contributed by atoms with E-state index in [1.165, 1.54) is 23.2 Å². The van der Waals surface area contributed by atoms with Crippen LogP contribution in [0.25, 0.3) is 0 Å². The summed E-state index contributed by atoms with van der Waals surface area (Å²) in [6.07, 6.45) is 4.63. The number of ether oxygens (including phenoxy) is 2. The van der Waals surface area contributed by atoms with Crippen molar-refractivity contribution in [1.82, 2.24) is 4.31 Å². The van der Waals surface area contributed by atoms with Crippen LogP contribution in [0.1, 0.15) is 40.0 Å². The fourth-order valence-corrected chi connectivity index (χ4v) is 6.27. The first kappa shape index (κ1) is 27.4. The Balaban J connectivity index is 2.15. The SMILES string of the molecule is CCCC[C@@H]1CN(c2ccccc2)c2cc(SC)c(OCC(C)(C)C(=O)OC)cc2S(=O)(=O)N1C. The highest BCUT2D eigenvalue weighted by Crippen LogP contribution is 2.43. The lowest BCUT2D eigenvalue weighted by atomic mass is 9.95. The molecule has 9 heteroatoms. The predicted octanol–water partition coefficient (Wildman–Crippen LogP) is 5.32. The first-order valence-electron chi connectivity index (χ1n) is 11.8. The number of benzene rings is 2. The number of hydrogen-bond acceptors (Lipinski definition) is 7. The quantitative estimate of drug-likeness (QED) is 0.327. The number of hydrogen-bond donors (Lipinski definition) is 0. The summed E-state index contributed by atoms with van der Waals surface area (Å²) in [5.74, 6) is 0.0459. The van der Waals surface area contributed by atoms with Gasteiger partial charge in [0, 0.05) is 31.4 Å². The Labute approximate surface area is 213 Å². The van der Waals surface area contributed by atoms with Gasteiger partial charge >= 0.3 is 5.97 Å². The van der Waals surface area contributed by atoms with E-state index in [1.807, 2.05) is 42.7 Å². The Morgan fingerprint density at radius 3 is 2.49 bits per heavy atom.